The summed E-state index contributed by atoms with van der Waals surface area (Å²) in [7, 11) is 0. The molecule has 0 saturated carbocycles. The summed E-state index contributed by atoms with van der Waals surface area (Å²) < 4.78 is 1.15. The standard InChI is InChI=1S/C15H15NS/c1-5-7-12-11(4)14(16-13(12)6-2)15-10(3)8-9-17-15/h5-9,16H,2-4H2,1H3/b7-5-,15-14-. The van der Waals surface area contributed by atoms with Crippen molar-refractivity contribution in [3.8, 4) is 0 Å². The largest absolute Gasteiger partial charge is 0.353 e. The Kier molecular flexibility index (Phi) is 3.16. The lowest BCUT2D eigenvalue weighted by atomic mass is 10.2. The van der Waals surface area contributed by atoms with Crippen LogP contribution in [0.5, 0.6) is 0 Å². The topological polar surface area (TPSA) is 15.8 Å². The fourth-order valence-electron chi connectivity index (χ4n) is 1.84. The van der Waals surface area contributed by atoms with Gasteiger partial charge in [-0.25, -0.2) is 0 Å². The van der Waals surface area contributed by atoms with Gasteiger partial charge < -0.3 is 4.98 Å². The number of H-pyrrole nitrogens is 1. The molecular formula is C15H15NS. The first-order valence-electron chi connectivity index (χ1n) is 5.42. The van der Waals surface area contributed by atoms with Crippen molar-refractivity contribution in [2.45, 2.75) is 6.92 Å². The fraction of sp³-hybridized carbons (Fsp3) is 0.0667. The monoisotopic (exact) mass is 241 g/mol. The van der Waals surface area contributed by atoms with Crippen molar-refractivity contribution < 1.29 is 0 Å². The molecule has 0 radical (unpaired) electrons. The second-order valence-corrected chi connectivity index (χ2v) is 4.70. The molecular weight excluding hydrogens is 226 g/mol. The smallest absolute Gasteiger partial charge is 0.0639 e. The second kappa shape index (κ2) is 4.60. The van der Waals surface area contributed by atoms with E-state index in [2.05, 4.69) is 30.8 Å². The fourth-order valence-corrected chi connectivity index (χ4v) is 2.72. The molecule has 2 aromatic rings. The molecule has 2 heteroatoms. The number of thiophene rings is 1. The Bertz CT molecular complexity index is 759. The molecule has 0 unspecified atom stereocenters. The maximum Gasteiger partial charge on any atom is 0.0639 e. The van der Waals surface area contributed by atoms with Crippen molar-refractivity contribution in [3.63, 3.8) is 0 Å². The Morgan fingerprint density at radius 1 is 1.35 bits per heavy atom. The Labute approximate surface area is 104 Å². The zero-order chi connectivity index (χ0) is 12.4. The Morgan fingerprint density at radius 2 is 2.12 bits per heavy atom. The first kappa shape index (κ1) is 11.7. The molecule has 2 rings (SSSR count). The maximum absolute atomic E-state index is 4.15. The number of aromatic nitrogens is 1. The van der Waals surface area contributed by atoms with Gasteiger partial charge in [-0.1, -0.05) is 31.9 Å². The lowest BCUT2D eigenvalue weighted by Crippen LogP contribution is -2.03. The Balaban J connectivity index is 3.04. The van der Waals surface area contributed by atoms with Gasteiger partial charge in [0.15, 0.2) is 0 Å². The van der Waals surface area contributed by atoms with E-state index in [-0.39, 0.29) is 0 Å². The summed E-state index contributed by atoms with van der Waals surface area (Å²) in [6.07, 6.45) is 5.88. The van der Waals surface area contributed by atoms with E-state index in [1.54, 1.807) is 11.3 Å². The second-order valence-electron chi connectivity index (χ2n) is 3.78. The van der Waals surface area contributed by atoms with E-state index in [1.807, 2.05) is 30.5 Å². The van der Waals surface area contributed by atoms with Crippen LogP contribution in [-0.4, -0.2) is 4.98 Å². The van der Waals surface area contributed by atoms with Crippen LogP contribution in [-0.2, 0) is 0 Å². The molecule has 0 spiro atoms. The number of hydrogen-bond donors (Lipinski definition) is 1. The van der Waals surface area contributed by atoms with E-state index in [1.165, 1.54) is 0 Å². The average molecular weight is 241 g/mol. The average Bonchev–Trinajstić information content (AvgIpc) is 2.85. The van der Waals surface area contributed by atoms with Crippen LogP contribution in [0.15, 0.2) is 24.1 Å². The maximum atomic E-state index is 4.15. The highest BCUT2D eigenvalue weighted by molar-refractivity contribution is 7.07. The van der Waals surface area contributed by atoms with Crippen molar-refractivity contribution >= 4 is 36.6 Å². The van der Waals surface area contributed by atoms with Gasteiger partial charge in [0.05, 0.1) is 9.88 Å². The van der Waals surface area contributed by atoms with E-state index < -0.39 is 0 Å². The van der Waals surface area contributed by atoms with Gasteiger partial charge in [-0.2, -0.15) is 0 Å². The highest BCUT2D eigenvalue weighted by atomic mass is 32.1. The number of rotatable bonds is 2. The van der Waals surface area contributed by atoms with Gasteiger partial charge in [0.2, 0.25) is 0 Å². The molecule has 2 aromatic heterocycles. The number of nitrogens with one attached hydrogen (secondary N) is 1. The number of hydrogen-bond acceptors (Lipinski definition) is 1. The number of allylic oxidation sites excluding steroid dienone is 1. The molecule has 1 nitrogen and oxygen atoms in total. The summed E-state index contributed by atoms with van der Waals surface area (Å²) in [5.41, 5.74) is 2.11. The predicted molar refractivity (Wildman–Crippen MR) is 77.9 cm³/mol. The molecule has 0 atom stereocenters. The zero-order valence-corrected chi connectivity index (χ0v) is 10.7. The summed E-state index contributed by atoms with van der Waals surface area (Å²) >= 11 is 1.68. The van der Waals surface area contributed by atoms with Gasteiger partial charge >= 0.3 is 0 Å². The molecule has 0 aliphatic carbocycles. The van der Waals surface area contributed by atoms with Gasteiger partial charge in [0.25, 0.3) is 0 Å². The summed E-state index contributed by atoms with van der Waals surface area (Å²) in [5, 5.41) is 5.13. The van der Waals surface area contributed by atoms with Crippen molar-refractivity contribution in [1.29, 1.82) is 0 Å². The minimum Gasteiger partial charge on any atom is -0.353 e. The lowest BCUT2D eigenvalue weighted by Gasteiger charge is -1.88. The van der Waals surface area contributed by atoms with Crippen molar-refractivity contribution in [2.24, 2.45) is 0 Å². The van der Waals surface area contributed by atoms with E-state index in [0.29, 0.717) is 0 Å². The normalized spacial score (nSPS) is 13.2. The van der Waals surface area contributed by atoms with Crippen molar-refractivity contribution in [2.75, 3.05) is 0 Å². The SMILES string of the molecule is C=Cc1[nH]/c(=c2\sccc2=C)c(=C)c1/C=C\C. The molecule has 86 valence electrons. The minimum atomic E-state index is 1.00. The highest BCUT2D eigenvalue weighted by Gasteiger charge is 2.02. The molecule has 0 fully saturated rings. The molecule has 1 N–H and O–H groups in total. The third-order valence-corrected chi connectivity index (χ3v) is 3.66. The van der Waals surface area contributed by atoms with Crippen LogP contribution in [0, 0.1) is 9.88 Å². The predicted octanol–water partition coefficient (Wildman–Crippen LogP) is 2.86. The molecule has 0 bridgehead atoms. The zero-order valence-electron chi connectivity index (χ0n) is 9.92. The molecule has 0 aliphatic heterocycles. The Morgan fingerprint density at radius 3 is 2.65 bits per heavy atom. The van der Waals surface area contributed by atoms with Gasteiger partial charge in [-0.15, -0.1) is 11.3 Å². The molecule has 17 heavy (non-hydrogen) atoms. The van der Waals surface area contributed by atoms with Gasteiger partial charge in [-0.3, -0.25) is 0 Å². The van der Waals surface area contributed by atoms with E-state index in [4.69, 9.17) is 0 Å². The number of aromatic amines is 1. The summed E-state index contributed by atoms with van der Waals surface area (Å²) in [4.78, 5) is 3.37. The van der Waals surface area contributed by atoms with Gasteiger partial charge in [0, 0.05) is 16.5 Å². The van der Waals surface area contributed by atoms with E-state index in [0.717, 1.165) is 31.6 Å². The first-order valence-corrected chi connectivity index (χ1v) is 6.29. The quantitative estimate of drug-likeness (QED) is 0.832. The van der Waals surface area contributed by atoms with Crippen molar-refractivity contribution in [3.05, 3.63) is 55.7 Å². The third-order valence-electron chi connectivity index (χ3n) is 2.69. The van der Waals surface area contributed by atoms with Crippen LogP contribution in [0.25, 0.3) is 25.3 Å². The van der Waals surface area contributed by atoms with Crippen LogP contribution in [0.4, 0.5) is 0 Å². The molecule has 0 aromatic carbocycles. The minimum absolute atomic E-state index is 1.00. The van der Waals surface area contributed by atoms with Crippen molar-refractivity contribution in [1.82, 2.24) is 4.98 Å². The van der Waals surface area contributed by atoms with Crippen LogP contribution in [0.2, 0.25) is 0 Å². The third kappa shape index (κ3) is 1.92. The van der Waals surface area contributed by atoms with Crippen LogP contribution in [0.1, 0.15) is 18.2 Å². The van der Waals surface area contributed by atoms with E-state index in [9.17, 15) is 0 Å². The van der Waals surface area contributed by atoms with Gasteiger partial charge in [-0.05, 0) is 29.7 Å². The summed E-state index contributed by atoms with van der Waals surface area (Å²) in [6.45, 7) is 14.0. The van der Waals surface area contributed by atoms with E-state index >= 15 is 0 Å². The summed E-state index contributed by atoms with van der Waals surface area (Å²) in [5.74, 6) is 0. The molecule has 0 saturated heterocycles. The summed E-state index contributed by atoms with van der Waals surface area (Å²) in [6, 6.07) is 2.02. The first-order chi connectivity index (χ1) is 8.19. The Hall–Kier alpha value is -1.80. The van der Waals surface area contributed by atoms with Crippen LogP contribution in [0.3, 0.4) is 0 Å². The molecule has 2 heterocycles. The van der Waals surface area contributed by atoms with Gasteiger partial charge in [0.1, 0.15) is 0 Å². The lowest BCUT2D eigenvalue weighted by molar-refractivity contribution is 1.28. The molecule has 0 aliphatic rings. The molecule has 0 amide bonds. The van der Waals surface area contributed by atoms with Crippen LogP contribution < -0.4 is 10.4 Å². The highest BCUT2D eigenvalue weighted by Crippen LogP contribution is 2.07. The van der Waals surface area contributed by atoms with Crippen LogP contribution >= 0.6 is 11.3 Å².